The summed E-state index contributed by atoms with van der Waals surface area (Å²) in [7, 11) is 1.70. The Balaban J connectivity index is 2.08. The first-order valence-corrected chi connectivity index (χ1v) is 7.26. The summed E-state index contributed by atoms with van der Waals surface area (Å²) in [5.74, 6) is 1.53. The Morgan fingerprint density at radius 3 is 2.95 bits per heavy atom. The Morgan fingerprint density at radius 1 is 1.47 bits per heavy atom. The summed E-state index contributed by atoms with van der Waals surface area (Å²) in [6, 6.07) is 6.40. The van der Waals surface area contributed by atoms with Crippen LogP contribution in [0.1, 0.15) is 19.4 Å². The minimum absolute atomic E-state index is 0.558. The van der Waals surface area contributed by atoms with Gasteiger partial charge in [-0.1, -0.05) is 31.5 Å². The highest BCUT2D eigenvalue weighted by atomic mass is 35.5. The van der Waals surface area contributed by atoms with Crippen molar-refractivity contribution in [3.8, 4) is 5.75 Å². The molecule has 1 heterocycles. The SMILES string of the molecule is COc1cccc(Cl)c1CN1CCNC(C(C)C)C1. The summed E-state index contributed by atoms with van der Waals surface area (Å²) in [4.78, 5) is 2.45. The second-order valence-corrected chi connectivity index (χ2v) is 5.87. The van der Waals surface area contributed by atoms with Gasteiger partial charge in [-0.3, -0.25) is 4.90 Å². The second-order valence-electron chi connectivity index (χ2n) is 5.46. The number of benzene rings is 1. The fourth-order valence-corrected chi connectivity index (χ4v) is 2.76. The van der Waals surface area contributed by atoms with Crippen molar-refractivity contribution in [3.63, 3.8) is 0 Å². The molecule has 1 N–H and O–H groups in total. The van der Waals surface area contributed by atoms with Crippen molar-refractivity contribution >= 4 is 11.6 Å². The van der Waals surface area contributed by atoms with Crippen molar-refractivity contribution in [2.24, 2.45) is 5.92 Å². The quantitative estimate of drug-likeness (QED) is 0.919. The molecule has 0 radical (unpaired) electrons. The molecule has 0 amide bonds. The molecule has 1 aromatic carbocycles. The van der Waals surface area contributed by atoms with Crippen molar-refractivity contribution in [3.05, 3.63) is 28.8 Å². The first kappa shape index (κ1) is 14.6. The van der Waals surface area contributed by atoms with Crippen LogP contribution in [-0.4, -0.2) is 37.7 Å². The molecule has 1 saturated heterocycles. The number of nitrogens with zero attached hydrogens (tertiary/aromatic N) is 1. The topological polar surface area (TPSA) is 24.5 Å². The highest BCUT2D eigenvalue weighted by Crippen LogP contribution is 2.28. The van der Waals surface area contributed by atoms with Gasteiger partial charge in [0.15, 0.2) is 0 Å². The van der Waals surface area contributed by atoms with Gasteiger partial charge < -0.3 is 10.1 Å². The minimum atomic E-state index is 0.558. The Bertz CT molecular complexity index is 423. The van der Waals surface area contributed by atoms with Crippen LogP contribution < -0.4 is 10.1 Å². The zero-order valence-corrected chi connectivity index (χ0v) is 12.7. The fraction of sp³-hybridized carbons (Fsp3) is 0.600. The van der Waals surface area contributed by atoms with Crippen molar-refractivity contribution in [2.45, 2.75) is 26.4 Å². The van der Waals surface area contributed by atoms with E-state index in [1.54, 1.807) is 7.11 Å². The van der Waals surface area contributed by atoms with Crippen LogP contribution in [0.4, 0.5) is 0 Å². The average molecular weight is 283 g/mol. The van der Waals surface area contributed by atoms with Crippen LogP contribution in [0, 0.1) is 5.92 Å². The average Bonchev–Trinajstić information content (AvgIpc) is 2.41. The molecule has 106 valence electrons. The largest absolute Gasteiger partial charge is 0.496 e. The van der Waals surface area contributed by atoms with Crippen molar-refractivity contribution in [1.82, 2.24) is 10.2 Å². The van der Waals surface area contributed by atoms with E-state index < -0.39 is 0 Å². The Morgan fingerprint density at radius 2 is 2.26 bits per heavy atom. The molecule has 1 unspecified atom stereocenters. The van der Waals surface area contributed by atoms with Crippen molar-refractivity contribution < 1.29 is 4.74 Å². The van der Waals surface area contributed by atoms with Gasteiger partial charge in [0.25, 0.3) is 0 Å². The molecule has 0 saturated carbocycles. The zero-order valence-electron chi connectivity index (χ0n) is 11.9. The highest BCUT2D eigenvalue weighted by molar-refractivity contribution is 6.31. The number of ether oxygens (including phenoxy) is 1. The van der Waals surface area contributed by atoms with Gasteiger partial charge in [0.05, 0.1) is 7.11 Å². The van der Waals surface area contributed by atoms with E-state index in [2.05, 4.69) is 24.1 Å². The van der Waals surface area contributed by atoms with Crippen LogP contribution in [0.3, 0.4) is 0 Å². The second kappa shape index (κ2) is 6.60. The van der Waals surface area contributed by atoms with Gasteiger partial charge in [0.2, 0.25) is 0 Å². The molecule has 3 nitrogen and oxygen atoms in total. The number of rotatable bonds is 4. The number of hydrogen-bond donors (Lipinski definition) is 1. The summed E-state index contributed by atoms with van der Waals surface area (Å²) in [6.07, 6.45) is 0. The molecule has 4 heteroatoms. The smallest absolute Gasteiger partial charge is 0.124 e. The van der Waals surface area contributed by atoms with Crippen molar-refractivity contribution in [1.29, 1.82) is 0 Å². The summed E-state index contributed by atoms with van der Waals surface area (Å²) < 4.78 is 5.42. The van der Waals surface area contributed by atoms with Gasteiger partial charge in [-0.2, -0.15) is 0 Å². The summed E-state index contributed by atoms with van der Waals surface area (Å²) in [6.45, 7) is 8.53. The monoisotopic (exact) mass is 282 g/mol. The third-order valence-corrected chi connectivity index (χ3v) is 4.13. The van der Waals surface area contributed by atoms with E-state index in [1.165, 1.54) is 0 Å². The number of nitrogens with one attached hydrogen (secondary N) is 1. The molecule has 0 aromatic heterocycles. The van der Waals surface area contributed by atoms with Gasteiger partial charge in [-0.05, 0) is 18.1 Å². The van der Waals surface area contributed by atoms with Gasteiger partial charge in [0, 0.05) is 42.8 Å². The van der Waals surface area contributed by atoms with E-state index >= 15 is 0 Å². The first-order chi connectivity index (χ1) is 9.11. The molecular formula is C15H23ClN2O. The standard InChI is InChI=1S/C15H23ClN2O/c1-11(2)14-10-18(8-7-17-14)9-12-13(16)5-4-6-15(12)19-3/h4-6,11,14,17H,7-10H2,1-3H3. The summed E-state index contributed by atoms with van der Waals surface area (Å²) >= 11 is 6.30. The Hall–Kier alpha value is -0.770. The molecule has 0 spiro atoms. The number of halogens is 1. The molecular weight excluding hydrogens is 260 g/mol. The first-order valence-electron chi connectivity index (χ1n) is 6.89. The zero-order chi connectivity index (χ0) is 13.8. The lowest BCUT2D eigenvalue weighted by Gasteiger charge is -2.36. The highest BCUT2D eigenvalue weighted by Gasteiger charge is 2.23. The molecule has 0 aliphatic carbocycles. The molecule has 1 aromatic rings. The van der Waals surface area contributed by atoms with E-state index in [9.17, 15) is 0 Å². The van der Waals surface area contributed by atoms with Crippen LogP contribution in [-0.2, 0) is 6.54 Å². The van der Waals surface area contributed by atoms with Crippen LogP contribution in [0.5, 0.6) is 5.75 Å². The lowest BCUT2D eigenvalue weighted by atomic mass is 10.0. The van der Waals surface area contributed by atoms with E-state index in [-0.39, 0.29) is 0 Å². The van der Waals surface area contributed by atoms with Gasteiger partial charge in [0.1, 0.15) is 5.75 Å². The number of piperazine rings is 1. The molecule has 2 rings (SSSR count). The predicted octanol–water partition coefficient (Wildman–Crippen LogP) is 2.78. The van der Waals surface area contributed by atoms with Gasteiger partial charge in [-0.25, -0.2) is 0 Å². The van der Waals surface area contributed by atoms with Crippen LogP contribution >= 0.6 is 11.6 Å². The molecule has 1 aliphatic heterocycles. The third kappa shape index (κ3) is 3.62. The van der Waals surface area contributed by atoms with E-state index in [4.69, 9.17) is 16.3 Å². The molecule has 1 atom stereocenters. The fourth-order valence-electron chi connectivity index (χ4n) is 2.54. The molecule has 19 heavy (non-hydrogen) atoms. The van der Waals surface area contributed by atoms with Crippen LogP contribution in [0.15, 0.2) is 18.2 Å². The van der Waals surface area contributed by atoms with Gasteiger partial charge in [-0.15, -0.1) is 0 Å². The maximum absolute atomic E-state index is 6.30. The van der Waals surface area contributed by atoms with E-state index in [0.29, 0.717) is 12.0 Å². The molecule has 1 aliphatic rings. The summed E-state index contributed by atoms with van der Waals surface area (Å²) in [5, 5.41) is 4.36. The van der Waals surface area contributed by atoms with E-state index in [1.807, 2.05) is 18.2 Å². The number of methoxy groups -OCH3 is 1. The molecule has 1 fully saturated rings. The lowest BCUT2D eigenvalue weighted by molar-refractivity contribution is 0.167. The predicted molar refractivity (Wildman–Crippen MR) is 79.9 cm³/mol. The number of hydrogen-bond acceptors (Lipinski definition) is 3. The maximum atomic E-state index is 6.30. The Labute approximate surface area is 120 Å². The molecule has 0 bridgehead atoms. The van der Waals surface area contributed by atoms with Crippen LogP contribution in [0.25, 0.3) is 0 Å². The van der Waals surface area contributed by atoms with Gasteiger partial charge >= 0.3 is 0 Å². The van der Waals surface area contributed by atoms with E-state index in [0.717, 1.165) is 42.5 Å². The normalized spacial score (nSPS) is 20.8. The maximum Gasteiger partial charge on any atom is 0.124 e. The minimum Gasteiger partial charge on any atom is -0.496 e. The lowest BCUT2D eigenvalue weighted by Crippen LogP contribution is -2.52. The summed E-state index contributed by atoms with van der Waals surface area (Å²) in [5.41, 5.74) is 1.09. The van der Waals surface area contributed by atoms with Crippen LogP contribution in [0.2, 0.25) is 5.02 Å². The Kier molecular flexibility index (Phi) is 5.08. The van der Waals surface area contributed by atoms with Crippen molar-refractivity contribution in [2.75, 3.05) is 26.7 Å². The third-order valence-electron chi connectivity index (χ3n) is 3.77.